The molecule has 0 unspecified atom stereocenters. The van der Waals surface area contributed by atoms with E-state index < -0.39 is 0 Å². The summed E-state index contributed by atoms with van der Waals surface area (Å²) in [6.45, 7) is 4.07. The van der Waals surface area contributed by atoms with Crippen molar-refractivity contribution < 1.29 is 4.74 Å². The summed E-state index contributed by atoms with van der Waals surface area (Å²) in [6.07, 6.45) is 0. The van der Waals surface area contributed by atoms with Gasteiger partial charge >= 0.3 is 0 Å². The number of hydrogen-bond donors (Lipinski definition) is 1. The minimum absolute atomic E-state index is 0.238. The summed E-state index contributed by atoms with van der Waals surface area (Å²) in [7, 11) is 1.80. The van der Waals surface area contributed by atoms with Crippen molar-refractivity contribution in [1.29, 1.82) is 0 Å². The normalized spacial score (nSPS) is 11.1. The van der Waals surface area contributed by atoms with Gasteiger partial charge in [-0.1, -0.05) is 41.4 Å². The van der Waals surface area contributed by atoms with Gasteiger partial charge < -0.3 is 10.5 Å². The zero-order valence-corrected chi connectivity index (χ0v) is 13.3. The number of rotatable bonds is 3. The molecule has 0 aliphatic carbocycles. The van der Waals surface area contributed by atoms with E-state index in [4.69, 9.17) is 22.1 Å². The van der Waals surface area contributed by atoms with Crippen LogP contribution in [0.3, 0.4) is 0 Å². The highest BCUT2D eigenvalue weighted by molar-refractivity contribution is 9.10. The first-order chi connectivity index (χ1) is 8.90. The predicted molar refractivity (Wildman–Crippen MR) is 80.9 cm³/mol. The van der Waals surface area contributed by atoms with Crippen LogP contribution in [0.15, 0.2) is 22.7 Å². The third-order valence-electron chi connectivity index (χ3n) is 2.70. The molecule has 0 amide bonds. The molecule has 1 heterocycles. The molecule has 0 fully saturated rings. The molecule has 19 heavy (non-hydrogen) atoms. The SMILES string of the molecule is CC(C)c1nn(C)c(Oc2cc(Br)ccc2Cl)c1N. The smallest absolute Gasteiger partial charge is 0.241 e. The Balaban J connectivity index is 2.41. The van der Waals surface area contributed by atoms with Crippen molar-refractivity contribution in [2.24, 2.45) is 7.05 Å². The molecule has 102 valence electrons. The van der Waals surface area contributed by atoms with E-state index in [1.165, 1.54) is 0 Å². The summed E-state index contributed by atoms with van der Waals surface area (Å²) in [5.74, 6) is 1.28. The van der Waals surface area contributed by atoms with Crippen LogP contribution in [-0.4, -0.2) is 9.78 Å². The van der Waals surface area contributed by atoms with E-state index in [1.54, 1.807) is 23.9 Å². The molecular weight excluding hydrogens is 330 g/mol. The first-order valence-electron chi connectivity index (χ1n) is 5.85. The van der Waals surface area contributed by atoms with Crippen LogP contribution in [-0.2, 0) is 7.05 Å². The van der Waals surface area contributed by atoms with Crippen LogP contribution < -0.4 is 10.5 Å². The van der Waals surface area contributed by atoms with E-state index in [-0.39, 0.29) is 5.92 Å². The number of benzene rings is 1. The minimum atomic E-state index is 0.238. The zero-order chi connectivity index (χ0) is 14.2. The van der Waals surface area contributed by atoms with Crippen molar-refractivity contribution in [2.75, 3.05) is 5.73 Å². The van der Waals surface area contributed by atoms with Gasteiger partial charge in [0.1, 0.15) is 11.4 Å². The van der Waals surface area contributed by atoms with Crippen molar-refractivity contribution in [3.63, 3.8) is 0 Å². The largest absolute Gasteiger partial charge is 0.436 e. The van der Waals surface area contributed by atoms with E-state index in [1.807, 2.05) is 19.9 Å². The van der Waals surface area contributed by atoms with Crippen molar-refractivity contribution >= 4 is 33.2 Å². The van der Waals surface area contributed by atoms with Crippen LogP contribution in [0, 0.1) is 0 Å². The Morgan fingerprint density at radius 2 is 2.11 bits per heavy atom. The van der Waals surface area contributed by atoms with Gasteiger partial charge in [-0.15, -0.1) is 0 Å². The number of nitrogen functional groups attached to an aromatic ring is 1. The Hall–Kier alpha value is -1.20. The van der Waals surface area contributed by atoms with Crippen molar-refractivity contribution in [2.45, 2.75) is 19.8 Å². The number of ether oxygens (including phenoxy) is 1. The quantitative estimate of drug-likeness (QED) is 0.901. The highest BCUT2D eigenvalue weighted by atomic mass is 79.9. The average Bonchev–Trinajstić information content (AvgIpc) is 2.62. The van der Waals surface area contributed by atoms with Gasteiger partial charge in [0.25, 0.3) is 0 Å². The topological polar surface area (TPSA) is 53.1 Å². The van der Waals surface area contributed by atoms with Crippen molar-refractivity contribution in [1.82, 2.24) is 9.78 Å². The molecular formula is C13H15BrClN3O. The fourth-order valence-electron chi connectivity index (χ4n) is 1.75. The van der Waals surface area contributed by atoms with Crippen LogP contribution in [0.5, 0.6) is 11.6 Å². The van der Waals surface area contributed by atoms with Gasteiger partial charge in [-0.3, -0.25) is 0 Å². The van der Waals surface area contributed by atoms with Gasteiger partial charge in [-0.25, -0.2) is 4.68 Å². The minimum Gasteiger partial charge on any atom is -0.436 e. The monoisotopic (exact) mass is 343 g/mol. The lowest BCUT2D eigenvalue weighted by molar-refractivity contribution is 0.432. The van der Waals surface area contributed by atoms with Gasteiger partial charge in [-0.05, 0) is 24.1 Å². The number of anilines is 1. The maximum absolute atomic E-state index is 6.10. The van der Waals surface area contributed by atoms with Crippen LogP contribution in [0.1, 0.15) is 25.5 Å². The standard InChI is InChI=1S/C13H15BrClN3O/c1-7(2)12-11(16)13(18(3)17-12)19-10-6-8(14)4-5-9(10)15/h4-7H,16H2,1-3H3. The van der Waals surface area contributed by atoms with E-state index in [9.17, 15) is 0 Å². The summed E-state index contributed by atoms with van der Waals surface area (Å²) < 4.78 is 8.31. The number of aromatic nitrogens is 2. The van der Waals surface area contributed by atoms with Gasteiger partial charge in [0.05, 0.1) is 10.7 Å². The molecule has 0 radical (unpaired) electrons. The second kappa shape index (κ2) is 5.43. The molecule has 1 aromatic heterocycles. The van der Waals surface area contributed by atoms with Crippen LogP contribution >= 0.6 is 27.5 Å². The Morgan fingerprint density at radius 1 is 1.42 bits per heavy atom. The third-order valence-corrected chi connectivity index (χ3v) is 3.51. The Morgan fingerprint density at radius 3 is 2.68 bits per heavy atom. The summed E-state index contributed by atoms with van der Waals surface area (Å²) in [6, 6.07) is 5.40. The number of nitrogens with zero attached hydrogens (tertiary/aromatic N) is 2. The van der Waals surface area contributed by atoms with E-state index >= 15 is 0 Å². The van der Waals surface area contributed by atoms with Crippen LogP contribution in [0.4, 0.5) is 5.69 Å². The molecule has 0 aliphatic heterocycles. The molecule has 4 nitrogen and oxygen atoms in total. The van der Waals surface area contributed by atoms with E-state index in [0.717, 1.165) is 10.2 Å². The van der Waals surface area contributed by atoms with Gasteiger partial charge in [-0.2, -0.15) is 5.10 Å². The van der Waals surface area contributed by atoms with Gasteiger partial charge in [0.2, 0.25) is 5.88 Å². The summed E-state index contributed by atoms with van der Waals surface area (Å²) in [5, 5.41) is 4.89. The van der Waals surface area contributed by atoms with Gasteiger partial charge in [0, 0.05) is 11.5 Å². The average molecular weight is 345 g/mol. The molecule has 0 spiro atoms. The maximum Gasteiger partial charge on any atom is 0.241 e. The molecule has 0 saturated carbocycles. The molecule has 2 rings (SSSR count). The van der Waals surface area contributed by atoms with E-state index in [0.29, 0.717) is 22.3 Å². The fraction of sp³-hybridized carbons (Fsp3) is 0.308. The number of nitrogens with two attached hydrogens (primary N) is 1. The second-order valence-corrected chi connectivity index (χ2v) is 5.88. The predicted octanol–water partition coefficient (Wildman–Crippen LogP) is 4.33. The Labute approximate surface area is 125 Å². The maximum atomic E-state index is 6.10. The fourth-order valence-corrected chi connectivity index (χ4v) is 2.25. The number of halogens is 2. The molecule has 2 aromatic rings. The van der Waals surface area contributed by atoms with Crippen LogP contribution in [0.2, 0.25) is 5.02 Å². The highest BCUT2D eigenvalue weighted by Crippen LogP contribution is 2.36. The second-order valence-electron chi connectivity index (χ2n) is 4.56. The molecule has 1 aromatic carbocycles. The lowest BCUT2D eigenvalue weighted by Crippen LogP contribution is -1.97. The molecule has 0 bridgehead atoms. The molecule has 6 heteroatoms. The lowest BCUT2D eigenvalue weighted by atomic mass is 10.1. The summed E-state index contributed by atoms with van der Waals surface area (Å²) in [4.78, 5) is 0. The first kappa shape index (κ1) is 14.2. The number of aryl methyl sites for hydroxylation is 1. The molecule has 0 aliphatic rings. The van der Waals surface area contributed by atoms with Crippen molar-refractivity contribution in [3.05, 3.63) is 33.4 Å². The van der Waals surface area contributed by atoms with Crippen molar-refractivity contribution in [3.8, 4) is 11.6 Å². The van der Waals surface area contributed by atoms with E-state index in [2.05, 4.69) is 21.0 Å². The Kier molecular flexibility index (Phi) is 4.06. The lowest BCUT2D eigenvalue weighted by Gasteiger charge is -2.09. The van der Waals surface area contributed by atoms with Crippen LogP contribution in [0.25, 0.3) is 0 Å². The summed E-state index contributed by atoms with van der Waals surface area (Å²) >= 11 is 9.49. The molecule has 0 atom stereocenters. The number of hydrogen-bond acceptors (Lipinski definition) is 3. The third kappa shape index (κ3) is 2.87. The zero-order valence-electron chi connectivity index (χ0n) is 10.9. The molecule has 0 saturated heterocycles. The Bertz CT molecular complexity index is 610. The summed E-state index contributed by atoms with van der Waals surface area (Å²) in [5.41, 5.74) is 7.45. The highest BCUT2D eigenvalue weighted by Gasteiger charge is 2.18. The molecule has 2 N–H and O–H groups in total. The first-order valence-corrected chi connectivity index (χ1v) is 7.02. The van der Waals surface area contributed by atoms with Gasteiger partial charge in [0.15, 0.2) is 0 Å².